The van der Waals surface area contributed by atoms with Crippen molar-refractivity contribution < 1.29 is 4.79 Å². The molecular formula is C29H38N2O. The largest absolute Gasteiger partial charge is 0.372 e. The average molecular weight is 431 g/mol. The van der Waals surface area contributed by atoms with E-state index in [2.05, 4.69) is 67.5 Å². The second-order valence-electron chi connectivity index (χ2n) is 10.3. The number of benzene rings is 2. The highest BCUT2D eigenvalue weighted by molar-refractivity contribution is 6.04. The number of carbonyl (C=O) groups excluding carboxylic acids is 1. The van der Waals surface area contributed by atoms with Crippen molar-refractivity contribution in [2.45, 2.75) is 63.8 Å². The topological polar surface area (TPSA) is 23.6 Å². The summed E-state index contributed by atoms with van der Waals surface area (Å²) in [7, 11) is 4.00. The van der Waals surface area contributed by atoms with Crippen LogP contribution in [0.15, 0.2) is 49.1 Å². The molecule has 1 aliphatic carbocycles. The van der Waals surface area contributed by atoms with Crippen molar-refractivity contribution in [1.82, 2.24) is 4.90 Å². The van der Waals surface area contributed by atoms with Gasteiger partial charge in [0, 0.05) is 29.8 Å². The van der Waals surface area contributed by atoms with Gasteiger partial charge in [0.05, 0.1) is 5.54 Å². The number of nitrogens with zero attached hydrogens (tertiary/aromatic N) is 2. The van der Waals surface area contributed by atoms with E-state index in [-0.39, 0.29) is 11.2 Å². The lowest BCUT2D eigenvalue weighted by Crippen LogP contribution is -2.50. The van der Waals surface area contributed by atoms with E-state index in [9.17, 15) is 4.79 Å². The van der Waals surface area contributed by atoms with Crippen LogP contribution in [-0.2, 0) is 5.41 Å². The lowest BCUT2D eigenvalue weighted by atomic mass is 9.79. The Kier molecular flexibility index (Phi) is 6.06. The van der Waals surface area contributed by atoms with Gasteiger partial charge in [-0.3, -0.25) is 9.69 Å². The predicted octanol–water partition coefficient (Wildman–Crippen LogP) is 6.45. The number of rotatable bonds is 7. The second kappa shape index (κ2) is 8.51. The van der Waals surface area contributed by atoms with Gasteiger partial charge < -0.3 is 4.90 Å². The summed E-state index contributed by atoms with van der Waals surface area (Å²) >= 11 is 0. The summed E-state index contributed by atoms with van der Waals surface area (Å²) in [6.45, 7) is 12.9. The SMILES string of the molecule is C=CCC(CC)(C(=O)c1ccc2c(c1)C(C)(C)c1cc(N3CCCCC3)ccc1-2)N(C)C. The van der Waals surface area contributed by atoms with E-state index in [1.165, 1.54) is 47.2 Å². The Hall–Kier alpha value is -2.39. The first-order valence-electron chi connectivity index (χ1n) is 12.1. The quantitative estimate of drug-likeness (QED) is 0.372. The Bertz CT molecular complexity index is 1030. The summed E-state index contributed by atoms with van der Waals surface area (Å²) < 4.78 is 0. The van der Waals surface area contributed by atoms with Crippen LogP contribution in [0.4, 0.5) is 5.69 Å². The summed E-state index contributed by atoms with van der Waals surface area (Å²) in [6, 6.07) is 13.3. The van der Waals surface area contributed by atoms with Crippen molar-refractivity contribution >= 4 is 11.5 Å². The van der Waals surface area contributed by atoms with E-state index in [1.54, 1.807) is 0 Å². The van der Waals surface area contributed by atoms with Crippen LogP contribution in [0.5, 0.6) is 0 Å². The molecule has 0 spiro atoms. The zero-order chi connectivity index (χ0) is 23.1. The Morgan fingerprint density at radius 1 is 1.06 bits per heavy atom. The maximum atomic E-state index is 13.8. The van der Waals surface area contributed by atoms with Crippen LogP contribution in [0.1, 0.15) is 74.4 Å². The zero-order valence-electron chi connectivity index (χ0n) is 20.5. The third-order valence-electron chi connectivity index (χ3n) is 7.99. The summed E-state index contributed by atoms with van der Waals surface area (Å²) in [4.78, 5) is 18.4. The number of likely N-dealkylation sites (N-methyl/N-ethyl adjacent to an activating group) is 1. The summed E-state index contributed by atoms with van der Waals surface area (Å²) in [5.74, 6) is 0.188. The monoisotopic (exact) mass is 430 g/mol. The Morgan fingerprint density at radius 3 is 2.28 bits per heavy atom. The highest BCUT2D eigenvalue weighted by Crippen LogP contribution is 2.50. The number of hydrogen-bond acceptors (Lipinski definition) is 3. The first-order chi connectivity index (χ1) is 15.3. The molecule has 0 N–H and O–H groups in total. The van der Waals surface area contributed by atoms with Crippen LogP contribution < -0.4 is 4.90 Å². The van der Waals surface area contributed by atoms with Crippen molar-refractivity contribution in [1.29, 1.82) is 0 Å². The Balaban J connectivity index is 1.74. The van der Waals surface area contributed by atoms with Crippen LogP contribution in [0.25, 0.3) is 11.1 Å². The van der Waals surface area contributed by atoms with Gasteiger partial charge in [-0.2, -0.15) is 0 Å². The first kappa shape index (κ1) is 22.8. The van der Waals surface area contributed by atoms with Gasteiger partial charge in [-0.25, -0.2) is 0 Å². The molecule has 3 heteroatoms. The molecule has 0 bridgehead atoms. The molecule has 2 aromatic carbocycles. The van der Waals surface area contributed by atoms with E-state index < -0.39 is 5.54 Å². The minimum atomic E-state index is -0.549. The number of ketones is 1. The molecule has 32 heavy (non-hydrogen) atoms. The molecule has 1 unspecified atom stereocenters. The summed E-state index contributed by atoms with van der Waals surface area (Å²) in [5, 5.41) is 0. The van der Waals surface area contributed by atoms with Gasteiger partial charge in [-0.05, 0) is 86.7 Å². The van der Waals surface area contributed by atoms with Gasteiger partial charge >= 0.3 is 0 Å². The Morgan fingerprint density at radius 2 is 1.69 bits per heavy atom. The zero-order valence-corrected chi connectivity index (χ0v) is 20.5. The van der Waals surface area contributed by atoms with Gasteiger partial charge in [0.1, 0.15) is 0 Å². The summed E-state index contributed by atoms with van der Waals surface area (Å²) in [6.07, 6.45) is 7.17. The third-order valence-corrected chi connectivity index (χ3v) is 7.99. The van der Waals surface area contributed by atoms with Crippen molar-refractivity contribution in [3.05, 3.63) is 65.7 Å². The van der Waals surface area contributed by atoms with E-state index in [4.69, 9.17) is 0 Å². The van der Waals surface area contributed by atoms with E-state index in [1.807, 2.05) is 26.2 Å². The molecule has 0 amide bonds. The van der Waals surface area contributed by atoms with Crippen LogP contribution in [-0.4, -0.2) is 43.4 Å². The van der Waals surface area contributed by atoms with E-state index in [0.717, 1.165) is 25.1 Å². The normalized spacial score (nSPS) is 18.8. The highest BCUT2D eigenvalue weighted by Gasteiger charge is 2.41. The average Bonchev–Trinajstić information content (AvgIpc) is 3.03. The highest BCUT2D eigenvalue weighted by atomic mass is 16.1. The number of anilines is 1. The minimum Gasteiger partial charge on any atom is -0.372 e. The summed E-state index contributed by atoms with van der Waals surface area (Å²) in [5.41, 5.74) is 6.68. The Labute approximate surface area is 194 Å². The molecule has 3 nitrogen and oxygen atoms in total. The van der Waals surface area contributed by atoms with Crippen LogP contribution in [0, 0.1) is 0 Å². The van der Waals surface area contributed by atoms with Gasteiger partial charge in [-0.15, -0.1) is 6.58 Å². The lowest BCUT2D eigenvalue weighted by Gasteiger charge is -2.37. The molecule has 2 aliphatic rings. The molecule has 0 saturated carbocycles. The van der Waals surface area contributed by atoms with Crippen molar-refractivity contribution in [3.8, 4) is 11.1 Å². The fourth-order valence-electron chi connectivity index (χ4n) is 5.82. The number of carbonyl (C=O) groups is 1. The van der Waals surface area contributed by atoms with Gasteiger partial charge in [-0.1, -0.05) is 45.0 Å². The van der Waals surface area contributed by atoms with Crippen molar-refractivity contribution in [2.24, 2.45) is 0 Å². The fourth-order valence-corrected chi connectivity index (χ4v) is 5.82. The van der Waals surface area contributed by atoms with Gasteiger partial charge in [0.15, 0.2) is 5.78 Å². The molecule has 1 atom stereocenters. The van der Waals surface area contributed by atoms with E-state index in [0.29, 0.717) is 6.42 Å². The maximum absolute atomic E-state index is 13.8. The maximum Gasteiger partial charge on any atom is 0.183 e. The number of piperidine rings is 1. The molecule has 0 aromatic heterocycles. The van der Waals surface area contributed by atoms with Crippen LogP contribution in [0.2, 0.25) is 0 Å². The van der Waals surface area contributed by atoms with Gasteiger partial charge in [0.2, 0.25) is 0 Å². The molecule has 1 saturated heterocycles. The standard InChI is InChI=1S/C29H38N2O/c1-7-16-29(8-2,30(5)6)27(32)21-12-14-23-24-15-13-22(31-17-10-9-11-18-31)20-26(24)28(3,4)25(23)19-21/h7,12-15,19-20H,1,8-11,16-18H2,2-6H3. The molecule has 1 aliphatic heterocycles. The smallest absolute Gasteiger partial charge is 0.183 e. The molecule has 0 radical (unpaired) electrons. The predicted molar refractivity (Wildman–Crippen MR) is 136 cm³/mol. The lowest BCUT2D eigenvalue weighted by molar-refractivity contribution is 0.0673. The molecule has 1 heterocycles. The third kappa shape index (κ3) is 3.51. The van der Waals surface area contributed by atoms with E-state index >= 15 is 0 Å². The van der Waals surface area contributed by atoms with Crippen molar-refractivity contribution in [3.63, 3.8) is 0 Å². The van der Waals surface area contributed by atoms with Gasteiger partial charge in [0.25, 0.3) is 0 Å². The first-order valence-corrected chi connectivity index (χ1v) is 12.1. The molecular weight excluding hydrogens is 392 g/mol. The number of Topliss-reactive ketones (excluding diaryl/α,β-unsaturated/α-hetero) is 1. The number of hydrogen-bond donors (Lipinski definition) is 0. The molecule has 1 fully saturated rings. The minimum absolute atomic E-state index is 0.127. The van der Waals surface area contributed by atoms with Crippen LogP contribution in [0.3, 0.4) is 0 Å². The molecule has 170 valence electrons. The second-order valence-corrected chi connectivity index (χ2v) is 10.3. The molecule has 4 rings (SSSR count). The molecule has 2 aromatic rings. The number of fused-ring (bicyclic) bond motifs is 3. The fraction of sp³-hybridized carbons (Fsp3) is 0.483. The van der Waals surface area contributed by atoms with Crippen molar-refractivity contribution in [2.75, 3.05) is 32.1 Å². The van der Waals surface area contributed by atoms with Crippen LogP contribution >= 0.6 is 0 Å².